The second-order valence-corrected chi connectivity index (χ2v) is 6.44. The van der Waals surface area contributed by atoms with Gasteiger partial charge in [0, 0.05) is 16.8 Å². The molecule has 0 aliphatic heterocycles. The number of hydrogen-bond acceptors (Lipinski definition) is 5. The van der Waals surface area contributed by atoms with Gasteiger partial charge in [-0.2, -0.15) is 4.98 Å². The van der Waals surface area contributed by atoms with Crippen LogP contribution in [0.25, 0.3) is 11.4 Å². The second-order valence-electron chi connectivity index (χ2n) is 5.63. The third-order valence-electron chi connectivity index (χ3n) is 3.71. The molecule has 1 aromatic heterocycles. The van der Waals surface area contributed by atoms with Gasteiger partial charge in [0.25, 0.3) is 0 Å². The summed E-state index contributed by atoms with van der Waals surface area (Å²) in [4.78, 5) is 21.0. The molecule has 7 heteroatoms. The molecule has 3 rings (SSSR count). The SMILES string of the molecule is CCOC(=O)c1cnc(-c2ccc(Cl)c(C)c2)nc1Oc1ccccc1Cl. The fourth-order valence-corrected chi connectivity index (χ4v) is 2.64. The van der Waals surface area contributed by atoms with Crippen molar-refractivity contribution in [2.45, 2.75) is 13.8 Å². The summed E-state index contributed by atoms with van der Waals surface area (Å²) in [6.45, 7) is 3.83. The number of carbonyl (C=O) groups is 1. The molecular weight excluding hydrogens is 387 g/mol. The molecule has 0 saturated heterocycles. The van der Waals surface area contributed by atoms with Gasteiger partial charge in [0.15, 0.2) is 5.82 Å². The summed E-state index contributed by atoms with van der Waals surface area (Å²) in [5.74, 6) is 0.268. The Labute approximate surface area is 166 Å². The number of nitrogens with zero attached hydrogens (tertiary/aromatic N) is 2. The number of para-hydroxylation sites is 1. The van der Waals surface area contributed by atoms with E-state index in [1.807, 2.05) is 13.0 Å². The first-order valence-corrected chi connectivity index (χ1v) is 8.98. The number of carbonyl (C=O) groups excluding carboxylic acids is 1. The van der Waals surface area contributed by atoms with Crippen LogP contribution in [0.3, 0.4) is 0 Å². The van der Waals surface area contributed by atoms with Gasteiger partial charge in [-0.3, -0.25) is 0 Å². The van der Waals surface area contributed by atoms with Gasteiger partial charge in [0.05, 0.1) is 11.6 Å². The zero-order valence-corrected chi connectivity index (χ0v) is 16.2. The molecule has 0 amide bonds. The van der Waals surface area contributed by atoms with Crippen molar-refractivity contribution in [1.82, 2.24) is 9.97 Å². The number of aryl methyl sites for hydroxylation is 1. The molecule has 2 aromatic carbocycles. The largest absolute Gasteiger partial charge is 0.462 e. The van der Waals surface area contributed by atoms with Gasteiger partial charge in [-0.1, -0.05) is 35.3 Å². The van der Waals surface area contributed by atoms with Crippen molar-refractivity contribution in [2.24, 2.45) is 0 Å². The first-order chi connectivity index (χ1) is 13.0. The van der Waals surface area contributed by atoms with Crippen molar-refractivity contribution in [1.29, 1.82) is 0 Å². The maximum absolute atomic E-state index is 12.3. The van der Waals surface area contributed by atoms with Crippen molar-refractivity contribution in [3.05, 3.63) is 69.8 Å². The molecule has 0 spiro atoms. The summed E-state index contributed by atoms with van der Waals surface area (Å²) in [5.41, 5.74) is 1.75. The Bertz CT molecular complexity index is 993. The van der Waals surface area contributed by atoms with Gasteiger partial charge < -0.3 is 9.47 Å². The summed E-state index contributed by atoms with van der Waals surface area (Å²) in [7, 11) is 0. The third kappa shape index (κ3) is 4.38. The van der Waals surface area contributed by atoms with E-state index in [1.54, 1.807) is 43.3 Å². The molecule has 27 heavy (non-hydrogen) atoms. The maximum Gasteiger partial charge on any atom is 0.345 e. The zero-order valence-electron chi connectivity index (χ0n) is 14.7. The summed E-state index contributed by atoms with van der Waals surface area (Å²) in [5, 5.41) is 1.05. The lowest BCUT2D eigenvalue weighted by atomic mass is 10.1. The van der Waals surface area contributed by atoms with Crippen LogP contribution in [0.5, 0.6) is 11.6 Å². The van der Waals surface area contributed by atoms with E-state index in [1.165, 1.54) is 6.20 Å². The standard InChI is InChI=1S/C20H16Cl2N2O3/c1-3-26-20(25)14-11-23-18(13-8-9-15(21)12(2)10-13)24-19(14)27-17-7-5-4-6-16(17)22/h4-11H,3H2,1-2H3. The van der Waals surface area contributed by atoms with Gasteiger partial charge in [-0.05, 0) is 49.7 Å². The highest BCUT2D eigenvalue weighted by Gasteiger charge is 2.19. The van der Waals surface area contributed by atoms with Crippen LogP contribution in [0, 0.1) is 6.92 Å². The molecule has 1 heterocycles. The molecule has 3 aromatic rings. The number of halogens is 2. The van der Waals surface area contributed by atoms with E-state index in [2.05, 4.69) is 9.97 Å². The van der Waals surface area contributed by atoms with Gasteiger partial charge >= 0.3 is 5.97 Å². The molecular formula is C20H16Cl2N2O3. The molecule has 0 atom stereocenters. The van der Waals surface area contributed by atoms with Crippen LogP contribution < -0.4 is 4.74 Å². The van der Waals surface area contributed by atoms with Gasteiger partial charge in [0.1, 0.15) is 11.3 Å². The molecule has 5 nitrogen and oxygen atoms in total. The topological polar surface area (TPSA) is 61.3 Å². The first-order valence-electron chi connectivity index (χ1n) is 8.22. The van der Waals surface area contributed by atoms with Gasteiger partial charge in [-0.15, -0.1) is 0 Å². The lowest BCUT2D eigenvalue weighted by molar-refractivity contribution is 0.0522. The fraction of sp³-hybridized carbons (Fsp3) is 0.150. The van der Waals surface area contributed by atoms with Crippen LogP contribution in [-0.2, 0) is 4.74 Å². The van der Waals surface area contributed by atoms with Crippen LogP contribution in [-0.4, -0.2) is 22.5 Å². The number of rotatable bonds is 5. The van der Waals surface area contributed by atoms with Crippen LogP contribution in [0.1, 0.15) is 22.8 Å². The Kier molecular flexibility index (Phi) is 5.94. The highest BCUT2D eigenvalue weighted by molar-refractivity contribution is 6.32. The van der Waals surface area contributed by atoms with E-state index in [9.17, 15) is 4.79 Å². The molecule has 0 fully saturated rings. The number of benzene rings is 2. The molecule has 0 N–H and O–H groups in total. The number of aromatic nitrogens is 2. The van der Waals surface area contributed by atoms with E-state index in [-0.39, 0.29) is 18.1 Å². The predicted molar refractivity (Wildman–Crippen MR) is 105 cm³/mol. The van der Waals surface area contributed by atoms with E-state index >= 15 is 0 Å². The molecule has 138 valence electrons. The second kappa shape index (κ2) is 8.37. The van der Waals surface area contributed by atoms with Gasteiger partial charge in [-0.25, -0.2) is 9.78 Å². The molecule has 0 unspecified atom stereocenters. The Morgan fingerprint density at radius 3 is 2.59 bits per heavy atom. The lowest BCUT2D eigenvalue weighted by Crippen LogP contribution is -2.09. The fourth-order valence-electron chi connectivity index (χ4n) is 2.35. The zero-order chi connectivity index (χ0) is 19.4. The van der Waals surface area contributed by atoms with E-state index in [0.717, 1.165) is 11.1 Å². The van der Waals surface area contributed by atoms with E-state index < -0.39 is 5.97 Å². The molecule has 0 aliphatic rings. The van der Waals surface area contributed by atoms with Crippen molar-refractivity contribution in [3.8, 4) is 23.0 Å². The normalized spacial score (nSPS) is 10.5. The Morgan fingerprint density at radius 2 is 1.89 bits per heavy atom. The molecule has 0 radical (unpaired) electrons. The van der Waals surface area contributed by atoms with Crippen LogP contribution in [0.2, 0.25) is 10.0 Å². The first kappa shape index (κ1) is 19.1. The van der Waals surface area contributed by atoms with Crippen LogP contribution in [0.15, 0.2) is 48.7 Å². The summed E-state index contributed by atoms with van der Waals surface area (Å²) in [6.07, 6.45) is 1.39. The average Bonchev–Trinajstić information content (AvgIpc) is 2.66. The van der Waals surface area contributed by atoms with E-state index in [4.69, 9.17) is 32.7 Å². The van der Waals surface area contributed by atoms with Crippen molar-refractivity contribution < 1.29 is 14.3 Å². The Morgan fingerprint density at radius 1 is 1.11 bits per heavy atom. The monoisotopic (exact) mass is 402 g/mol. The van der Waals surface area contributed by atoms with Gasteiger partial charge in [0.2, 0.25) is 5.88 Å². The maximum atomic E-state index is 12.3. The summed E-state index contributed by atoms with van der Waals surface area (Å²) in [6, 6.07) is 12.4. The van der Waals surface area contributed by atoms with Crippen molar-refractivity contribution in [2.75, 3.05) is 6.61 Å². The lowest BCUT2D eigenvalue weighted by Gasteiger charge is -2.12. The Balaban J connectivity index is 2.07. The van der Waals surface area contributed by atoms with Crippen LogP contribution in [0.4, 0.5) is 0 Å². The van der Waals surface area contributed by atoms with E-state index in [0.29, 0.717) is 21.6 Å². The minimum atomic E-state index is -0.571. The molecule has 0 saturated carbocycles. The third-order valence-corrected chi connectivity index (χ3v) is 4.44. The smallest absolute Gasteiger partial charge is 0.345 e. The Hall–Kier alpha value is -2.63. The predicted octanol–water partition coefficient (Wildman–Crippen LogP) is 5.73. The highest BCUT2D eigenvalue weighted by atomic mass is 35.5. The quantitative estimate of drug-likeness (QED) is 0.510. The summed E-state index contributed by atoms with van der Waals surface area (Å²) >= 11 is 12.2. The highest BCUT2D eigenvalue weighted by Crippen LogP contribution is 2.31. The molecule has 0 bridgehead atoms. The average molecular weight is 403 g/mol. The van der Waals surface area contributed by atoms with Crippen LogP contribution >= 0.6 is 23.2 Å². The molecule has 0 aliphatic carbocycles. The minimum absolute atomic E-state index is 0.0687. The number of ether oxygens (including phenoxy) is 2. The number of esters is 1. The minimum Gasteiger partial charge on any atom is -0.462 e. The number of hydrogen-bond donors (Lipinski definition) is 0. The van der Waals surface area contributed by atoms with Crippen molar-refractivity contribution in [3.63, 3.8) is 0 Å². The van der Waals surface area contributed by atoms with Crippen molar-refractivity contribution >= 4 is 29.2 Å². The summed E-state index contributed by atoms with van der Waals surface area (Å²) < 4.78 is 10.9.